The van der Waals surface area contributed by atoms with Crippen molar-refractivity contribution in [1.82, 2.24) is 9.58 Å². The number of unbranched alkanes of at least 4 members (excludes halogenated alkanes) is 11. The second-order valence-electron chi connectivity index (χ2n) is 19.4. The third-order valence-electron chi connectivity index (χ3n) is 13.9. The zero-order valence-corrected chi connectivity index (χ0v) is 43.2. The van der Waals surface area contributed by atoms with E-state index in [1.807, 2.05) is 43.3 Å². The normalized spacial score (nSPS) is 19.1. The van der Waals surface area contributed by atoms with Crippen LogP contribution in [0.1, 0.15) is 169 Å². The summed E-state index contributed by atoms with van der Waals surface area (Å²) in [6.45, 7) is 10.7. The van der Waals surface area contributed by atoms with Gasteiger partial charge in [-0.25, -0.2) is 4.79 Å². The van der Waals surface area contributed by atoms with Crippen molar-refractivity contribution in [3.05, 3.63) is 136 Å². The van der Waals surface area contributed by atoms with Crippen molar-refractivity contribution in [2.24, 2.45) is 5.92 Å². The van der Waals surface area contributed by atoms with Gasteiger partial charge in [-0.2, -0.15) is 0 Å². The number of aliphatic hydroxyl groups is 1. The molecule has 12 heteroatoms. The van der Waals surface area contributed by atoms with Crippen molar-refractivity contribution in [3.8, 4) is 0 Å². The van der Waals surface area contributed by atoms with Gasteiger partial charge in [0.25, 0.3) is 11.7 Å². The highest BCUT2D eigenvalue weighted by Gasteiger charge is 2.76. The summed E-state index contributed by atoms with van der Waals surface area (Å²) in [6, 6.07) is 29.9. The molecule has 71 heavy (non-hydrogen) atoms. The van der Waals surface area contributed by atoms with E-state index in [-0.39, 0.29) is 48.4 Å². The number of anilines is 2. The highest BCUT2D eigenvalue weighted by atomic mass is 16.8. The quantitative estimate of drug-likeness (QED) is 0.0244. The van der Waals surface area contributed by atoms with Crippen LogP contribution in [-0.2, 0) is 31.2 Å². The number of amides is 3. The first-order chi connectivity index (χ1) is 34.4. The molecule has 0 fully saturated rings. The van der Waals surface area contributed by atoms with Gasteiger partial charge in [-0.1, -0.05) is 148 Å². The van der Waals surface area contributed by atoms with Crippen molar-refractivity contribution < 1.29 is 33.7 Å². The number of aromatic amines is 1. The van der Waals surface area contributed by atoms with Gasteiger partial charge in [0.05, 0.1) is 24.3 Å². The van der Waals surface area contributed by atoms with E-state index >= 15 is 9.59 Å². The van der Waals surface area contributed by atoms with Gasteiger partial charge >= 0.3 is 17.6 Å². The molecule has 3 N–H and O–H groups in total. The first-order valence-corrected chi connectivity index (χ1v) is 26.5. The molecule has 6 rings (SSSR count). The van der Waals surface area contributed by atoms with Crippen LogP contribution in [0.15, 0.2) is 108 Å². The van der Waals surface area contributed by atoms with Gasteiger partial charge < -0.3 is 29.6 Å². The number of benzene rings is 4. The molecule has 0 aliphatic carbocycles. The Labute approximate surface area is 421 Å². The summed E-state index contributed by atoms with van der Waals surface area (Å²) in [5.74, 6) is -6.76. The minimum atomic E-state index is -2.55. The summed E-state index contributed by atoms with van der Waals surface area (Å²) in [5.41, 5.74) is 2.76. The van der Waals surface area contributed by atoms with Crippen LogP contribution in [0.4, 0.5) is 17.1 Å². The van der Waals surface area contributed by atoms with E-state index in [0.717, 1.165) is 94.4 Å². The number of nitrogens with zero attached hydrogens (tertiary/aromatic N) is 2. The average molecular weight is 972 g/mol. The maximum absolute atomic E-state index is 17.2. The number of H-pyrrole nitrogens is 1. The Kier molecular flexibility index (Phi) is 20.3. The van der Waals surface area contributed by atoms with Crippen molar-refractivity contribution in [2.75, 3.05) is 37.2 Å². The monoisotopic (exact) mass is 972 g/mol. The molecule has 4 unspecified atom stereocenters. The fraction of sp³-hybridized carbons (Fsp3) is 0.492. The summed E-state index contributed by atoms with van der Waals surface area (Å²) in [7, 11) is 1.34. The fourth-order valence-corrected chi connectivity index (χ4v) is 10.0. The predicted octanol–water partition coefficient (Wildman–Crippen LogP) is 12.9. The summed E-state index contributed by atoms with van der Waals surface area (Å²) in [5, 5.41) is 18.8. The van der Waals surface area contributed by atoms with E-state index in [9.17, 15) is 14.7 Å². The van der Waals surface area contributed by atoms with E-state index in [2.05, 4.69) is 38.0 Å². The molecule has 0 radical (unpaired) electrons. The van der Waals surface area contributed by atoms with Crippen molar-refractivity contribution in [3.63, 3.8) is 0 Å². The van der Waals surface area contributed by atoms with E-state index in [1.165, 1.54) is 18.2 Å². The van der Waals surface area contributed by atoms with Crippen molar-refractivity contribution in [1.29, 1.82) is 0 Å². The first-order valence-electron chi connectivity index (χ1n) is 26.5. The molecule has 0 bridgehead atoms. The third-order valence-corrected chi connectivity index (χ3v) is 13.9. The smallest absolute Gasteiger partial charge is 0.357 e. The number of hydrogen-bond acceptors (Lipinski definition) is 8. The number of fused-ring (bicyclic) bond motifs is 2. The van der Waals surface area contributed by atoms with Crippen LogP contribution < -0.4 is 20.5 Å². The lowest BCUT2D eigenvalue weighted by atomic mass is 9.86. The lowest BCUT2D eigenvalue weighted by Gasteiger charge is -2.54. The number of hydrogen-bond donors (Lipinski definition) is 3. The molecular weight excluding hydrogens is 893 g/mol. The Morgan fingerprint density at radius 3 is 2.11 bits per heavy atom. The number of rotatable bonds is 29. The molecule has 1 aliphatic rings. The Balaban J connectivity index is 1.72. The van der Waals surface area contributed by atoms with E-state index in [4.69, 9.17) is 14.2 Å². The second-order valence-corrected chi connectivity index (χ2v) is 19.4. The fourth-order valence-electron chi connectivity index (χ4n) is 10.0. The van der Waals surface area contributed by atoms with E-state index in [0.29, 0.717) is 53.7 Å². The number of nitrogens with one attached hydrogen (secondary N) is 2. The molecule has 4 aromatic carbocycles. The molecule has 5 aromatic rings. The Morgan fingerprint density at radius 2 is 1.39 bits per heavy atom. The molecule has 4 atom stereocenters. The molecule has 0 saturated carbocycles. The highest BCUT2D eigenvalue weighted by molar-refractivity contribution is 6.14. The largest absolute Gasteiger partial charge is 0.410 e. The molecule has 0 spiro atoms. The van der Waals surface area contributed by atoms with Gasteiger partial charge in [-0.15, -0.1) is 9.60 Å². The SMILES string of the molecule is CCCCCCCCOC1(OCC(C)CCC)C(=O)[N+](CCCCCC)(N(C(=O)c2ccccc2CCCCCC)c2ccc3ccc(=O)[nH]c3c2)c2cc(NC(=O)c3ccccc3)ccc2C1(O)OC. The van der Waals surface area contributed by atoms with Crippen LogP contribution in [0.25, 0.3) is 10.9 Å². The summed E-state index contributed by atoms with van der Waals surface area (Å²) in [6.07, 6.45) is 14.8. The maximum atomic E-state index is 17.2. The lowest BCUT2D eigenvalue weighted by molar-refractivity contribution is -0.389. The van der Waals surface area contributed by atoms with Gasteiger partial charge in [-0.3, -0.25) is 14.4 Å². The molecule has 0 saturated heterocycles. The minimum absolute atomic E-state index is 0.0193. The summed E-state index contributed by atoms with van der Waals surface area (Å²) in [4.78, 5) is 63.6. The second kappa shape index (κ2) is 26.3. The van der Waals surface area contributed by atoms with Crippen LogP contribution >= 0.6 is 0 Å². The van der Waals surface area contributed by atoms with Crippen molar-refractivity contribution >= 4 is 45.7 Å². The number of pyridine rings is 1. The molecule has 1 aromatic heterocycles. The zero-order valence-electron chi connectivity index (χ0n) is 43.2. The number of aromatic nitrogens is 1. The van der Waals surface area contributed by atoms with Crippen LogP contribution in [-0.4, -0.2) is 60.5 Å². The Morgan fingerprint density at radius 1 is 0.732 bits per heavy atom. The summed E-state index contributed by atoms with van der Waals surface area (Å²) >= 11 is 0. The predicted molar refractivity (Wildman–Crippen MR) is 285 cm³/mol. The molecule has 3 amide bonds. The van der Waals surface area contributed by atoms with Crippen LogP contribution in [0.3, 0.4) is 0 Å². The van der Waals surface area contributed by atoms with Gasteiger partial charge in [0.2, 0.25) is 5.56 Å². The standard InChI is InChI=1S/C59H78N4O8/c1-7-11-14-17-18-26-40-70-59(71-43-44(5)27-10-4)57(67)63(39-25-16-13-9-3,53-41-48(35-37-51(53)58(59,68)69-6)60-55(65)47-30-21-19-22-31-47)62(49-36-33-46-34-38-54(64)61-52(46)42-49)56(66)50-32-24-23-29-45(50)28-20-15-12-8-2/h19,21-24,29-38,41-42,44,68H,7-18,20,25-28,39-40,43H2,1-6H3,(H-,60,61,64,65)/p+1. The Hall–Kier alpha value is -5.50. The number of ether oxygens (including phenoxy) is 3. The van der Waals surface area contributed by atoms with Gasteiger partial charge in [0, 0.05) is 36.1 Å². The topological polar surface area (TPSA) is 147 Å². The van der Waals surface area contributed by atoms with Crippen molar-refractivity contribution in [2.45, 2.75) is 155 Å². The number of carbonyl (C=O) groups excluding carboxylic acids is 3. The molecular formula is C59H79N4O8+. The van der Waals surface area contributed by atoms with Crippen LogP contribution in [0.5, 0.6) is 0 Å². The molecule has 1 aliphatic heterocycles. The highest BCUT2D eigenvalue weighted by Crippen LogP contribution is 2.54. The average Bonchev–Trinajstić information content (AvgIpc) is 3.38. The zero-order chi connectivity index (χ0) is 50.9. The van der Waals surface area contributed by atoms with Gasteiger partial charge in [-0.05, 0) is 104 Å². The first kappa shape index (κ1) is 54.8. The minimum Gasteiger partial charge on any atom is -0.357 e. The van der Waals surface area contributed by atoms with E-state index < -0.39 is 28.0 Å². The lowest BCUT2D eigenvalue weighted by Crippen LogP contribution is -2.81. The molecule has 12 nitrogen and oxygen atoms in total. The summed E-state index contributed by atoms with van der Waals surface area (Å²) < 4.78 is 19.3. The van der Waals surface area contributed by atoms with E-state index in [1.54, 1.807) is 60.7 Å². The number of methoxy groups -OCH3 is 1. The molecule has 382 valence electrons. The Bertz CT molecular complexity index is 2580. The number of carbonyl (C=O) groups is 3. The maximum Gasteiger partial charge on any atom is 0.410 e. The third kappa shape index (κ3) is 12.4. The number of aryl methyl sites for hydroxylation is 1. The van der Waals surface area contributed by atoms with Crippen LogP contribution in [0.2, 0.25) is 0 Å². The van der Waals surface area contributed by atoms with Gasteiger partial charge in [0.15, 0.2) is 5.69 Å². The molecule has 2 heterocycles. The van der Waals surface area contributed by atoms with Gasteiger partial charge in [0.1, 0.15) is 12.2 Å². The van der Waals surface area contributed by atoms with Crippen LogP contribution in [0, 0.1) is 5.92 Å². The number of quaternary nitrogens is 1.